The summed E-state index contributed by atoms with van der Waals surface area (Å²) in [5, 5.41) is 9.36. The van der Waals surface area contributed by atoms with Crippen molar-refractivity contribution in [2.24, 2.45) is 0 Å². The Hall–Kier alpha value is -1.41. The molecule has 0 bridgehead atoms. The second-order valence-electron chi connectivity index (χ2n) is 2.43. The van der Waals surface area contributed by atoms with Gasteiger partial charge in [-0.25, -0.2) is 0 Å². The van der Waals surface area contributed by atoms with Crippen LogP contribution in [0.5, 0.6) is 0 Å². The number of hydrogen-bond acceptors (Lipinski definition) is 2. The van der Waals surface area contributed by atoms with Crippen LogP contribution in [0.25, 0.3) is 0 Å². The summed E-state index contributed by atoms with van der Waals surface area (Å²) in [7, 11) is 0. The number of benzene rings is 1. The van der Waals surface area contributed by atoms with Crippen LogP contribution in [0, 0.1) is 0 Å². The lowest BCUT2D eigenvalue weighted by Crippen LogP contribution is -1.97. The zero-order chi connectivity index (χ0) is 8.97. The molecule has 0 amide bonds. The van der Waals surface area contributed by atoms with Crippen LogP contribution in [0.1, 0.15) is 22.0 Å². The quantitative estimate of drug-likeness (QED) is 0.542. The van der Waals surface area contributed by atoms with Gasteiger partial charge in [0.25, 0.3) is 0 Å². The molecule has 0 spiro atoms. The normalized spacial score (nSPS) is 12.1. The predicted octanol–water partition coefficient (Wildman–Crippen LogP) is 1.72. The zero-order valence-electron chi connectivity index (χ0n) is 6.60. The van der Waals surface area contributed by atoms with E-state index < -0.39 is 6.10 Å². The maximum absolute atomic E-state index is 10.5. The van der Waals surface area contributed by atoms with Crippen molar-refractivity contribution < 1.29 is 9.90 Å². The monoisotopic (exact) mass is 162 g/mol. The SMILES string of the molecule is C=CC(O)c1ccccc1C=O. The molecule has 0 radical (unpaired) electrons. The summed E-state index contributed by atoms with van der Waals surface area (Å²) in [6, 6.07) is 6.89. The Kier molecular flexibility index (Phi) is 2.77. The van der Waals surface area contributed by atoms with Crippen molar-refractivity contribution in [2.45, 2.75) is 6.10 Å². The highest BCUT2D eigenvalue weighted by Gasteiger charge is 2.06. The number of aldehydes is 1. The van der Waals surface area contributed by atoms with Crippen molar-refractivity contribution in [3.05, 3.63) is 48.0 Å². The molecule has 2 nitrogen and oxygen atoms in total. The number of carbonyl (C=O) groups excluding carboxylic acids is 1. The third kappa shape index (κ3) is 1.60. The summed E-state index contributed by atoms with van der Waals surface area (Å²) in [4.78, 5) is 10.5. The van der Waals surface area contributed by atoms with Crippen molar-refractivity contribution in [1.82, 2.24) is 0 Å². The first-order chi connectivity index (χ1) is 5.79. The van der Waals surface area contributed by atoms with Crippen LogP contribution in [-0.2, 0) is 0 Å². The molecule has 0 saturated carbocycles. The summed E-state index contributed by atoms with van der Waals surface area (Å²) in [5.41, 5.74) is 1.10. The number of aliphatic hydroxyl groups is 1. The van der Waals surface area contributed by atoms with E-state index in [1.54, 1.807) is 24.3 Å². The topological polar surface area (TPSA) is 37.3 Å². The predicted molar refractivity (Wildman–Crippen MR) is 47.0 cm³/mol. The maximum Gasteiger partial charge on any atom is 0.150 e. The van der Waals surface area contributed by atoms with Gasteiger partial charge in [0.2, 0.25) is 0 Å². The number of hydrogen-bond donors (Lipinski definition) is 1. The van der Waals surface area contributed by atoms with Gasteiger partial charge < -0.3 is 5.11 Å². The van der Waals surface area contributed by atoms with E-state index in [0.717, 1.165) is 6.29 Å². The Morgan fingerprint density at radius 1 is 1.42 bits per heavy atom. The van der Waals surface area contributed by atoms with E-state index in [0.29, 0.717) is 11.1 Å². The lowest BCUT2D eigenvalue weighted by molar-refractivity contribution is 0.111. The Morgan fingerprint density at radius 3 is 2.67 bits per heavy atom. The van der Waals surface area contributed by atoms with E-state index >= 15 is 0 Å². The summed E-state index contributed by atoms with van der Waals surface area (Å²) >= 11 is 0. The molecule has 1 rings (SSSR count). The van der Waals surface area contributed by atoms with Gasteiger partial charge in [-0.05, 0) is 5.56 Å². The van der Waals surface area contributed by atoms with Crippen LogP contribution in [0.4, 0.5) is 0 Å². The van der Waals surface area contributed by atoms with Crippen molar-refractivity contribution >= 4 is 6.29 Å². The van der Waals surface area contributed by atoms with Gasteiger partial charge in [-0.3, -0.25) is 4.79 Å². The summed E-state index contributed by atoms with van der Waals surface area (Å²) in [5.74, 6) is 0. The van der Waals surface area contributed by atoms with Gasteiger partial charge in [0.1, 0.15) is 6.29 Å². The van der Waals surface area contributed by atoms with Crippen LogP contribution in [0.3, 0.4) is 0 Å². The van der Waals surface area contributed by atoms with Crippen LogP contribution in [0.15, 0.2) is 36.9 Å². The van der Waals surface area contributed by atoms with E-state index in [4.69, 9.17) is 0 Å². The molecule has 1 N–H and O–H groups in total. The van der Waals surface area contributed by atoms with E-state index in [9.17, 15) is 9.90 Å². The molecular weight excluding hydrogens is 152 g/mol. The first-order valence-corrected chi connectivity index (χ1v) is 3.64. The first kappa shape index (κ1) is 8.68. The second kappa shape index (κ2) is 3.83. The van der Waals surface area contributed by atoms with E-state index in [1.165, 1.54) is 6.08 Å². The molecule has 0 heterocycles. The molecule has 0 aliphatic heterocycles. The molecule has 0 saturated heterocycles. The number of aliphatic hydroxyl groups excluding tert-OH is 1. The molecule has 1 unspecified atom stereocenters. The molecule has 12 heavy (non-hydrogen) atoms. The first-order valence-electron chi connectivity index (χ1n) is 3.64. The van der Waals surface area contributed by atoms with E-state index in [1.807, 2.05) is 0 Å². The molecular formula is C10H10O2. The van der Waals surface area contributed by atoms with Gasteiger partial charge in [0.15, 0.2) is 0 Å². The smallest absolute Gasteiger partial charge is 0.150 e. The highest BCUT2D eigenvalue weighted by molar-refractivity contribution is 5.77. The molecule has 1 aromatic rings. The van der Waals surface area contributed by atoms with E-state index in [2.05, 4.69) is 6.58 Å². The molecule has 62 valence electrons. The Morgan fingerprint density at radius 2 is 2.08 bits per heavy atom. The van der Waals surface area contributed by atoms with Crippen LogP contribution >= 0.6 is 0 Å². The molecule has 0 aliphatic rings. The lowest BCUT2D eigenvalue weighted by atomic mass is 10.0. The number of carbonyl (C=O) groups is 1. The van der Waals surface area contributed by atoms with Crippen LogP contribution in [0.2, 0.25) is 0 Å². The minimum Gasteiger partial charge on any atom is -0.384 e. The van der Waals surface area contributed by atoms with Gasteiger partial charge in [0, 0.05) is 5.56 Å². The minimum atomic E-state index is -0.758. The van der Waals surface area contributed by atoms with Gasteiger partial charge in [-0.2, -0.15) is 0 Å². The summed E-state index contributed by atoms with van der Waals surface area (Å²) in [6.45, 7) is 3.45. The standard InChI is InChI=1S/C10H10O2/c1-2-10(12)9-6-4-3-5-8(9)7-11/h2-7,10,12H,1H2. The van der Waals surface area contributed by atoms with Gasteiger partial charge in [-0.15, -0.1) is 6.58 Å². The fourth-order valence-electron chi connectivity index (χ4n) is 1.01. The number of rotatable bonds is 3. The average molecular weight is 162 g/mol. The molecule has 2 heteroatoms. The van der Waals surface area contributed by atoms with Gasteiger partial charge >= 0.3 is 0 Å². The third-order valence-corrected chi connectivity index (χ3v) is 1.66. The average Bonchev–Trinajstić information content (AvgIpc) is 2.16. The van der Waals surface area contributed by atoms with E-state index in [-0.39, 0.29) is 0 Å². The molecule has 1 aromatic carbocycles. The van der Waals surface area contributed by atoms with Gasteiger partial charge in [0.05, 0.1) is 6.10 Å². The van der Waals surface area contributed by atoms with Crippen molar-refractivity contribution in [2.75, 3.05) is 0 Å². The highest BCUT2D eigenvalue weighted by Crippen LogP contribution is 2.16. The van der Waals surface area contributed by atoms with Crippen LogP contribution in [-0.4, -0.2) is 11.4 Å². The molecule has 1 atom stereocenters. The Bertz CT molecular complexity index is 292. The minimum absolute atomic E-state index is 0.505. The maximum atomic E-state index is 10.5. The zero-order valence-corrected chi connectivity index (χ0v) is 6.60. The summed E-state index contributed by atoms with van der Waals surface area (Å²) < 4.78 is 0. The van der Waals surface area contributed by atoms with Crippen LogP contribution < -0.4 is 0 Å². The Balaban J connectivity index is 3.12. The highest BCUT2D eigenvalue weighted by atomic mass is 16.3. The lowest BCUT2D eigenvalue weighted by Gasteiger charge is -2.06. The molecule has 0 aliphatic carbocycles. The van der Waals surface area contributed by atoms with Crippen molar-refractivity contribution in [3.63, 3.8) is 0 Å². The van der Waals surface area contributed by atoms with Crippen molar-refractivity contribution in [1.29, 1.82) is 0 Å². The second-order valence-corrected chi connectivity index (χ2v) is 2.43. The summed E-state index contributed by atoms with van der Waals surface area (Å²) in [6.07, 6.45) is 1.36. The molecule has 0 fully saturated rings. The Labute approximate surface area is 71.2 Å². The molecule has 0 aromatic heterocycles. The van der Waals surface area contributed by atoms with Crippen molar-refractivity contribution in [3.8, 4) is 0 Å². The fraction of sp³-hybridized carbons (Fsp3) is 0.100. The largest absolute Gasteiger partial charge is 0.384 e. The van der Waals surface area contributed by atoms with Gasteiger partial charge in [-0.1, -0.05) is 30.3 Å². The fourth-order valence-corrected chi connectivity index (χ4v) is 1.01. The third-order valence-electron chi connectivity index (χ3n) is 1.66.